The minimum absolute atomic E-state index is 0.0628. The third-order valence-corrected chi connectivity index (χ3v) is 5.77. The highest BCUT2D eigenvalue weighted by molar-refractivity contribution is 14.1. The summed E-state index contributed by atoms with van der Waals surface area (Å²) in [6, 6.07) is 14.1. The molecule has 0 atom stereocenters. The van der Waals surface area contributed by atoms with Crippen LogP contribution in [0.15, 0.2) is 48.7 Å². The summed E-state index contributed by atoms with van der Waals surface area (Å²) in [6.07, 6.45) is 5.57. The fraction of sp³-hybridized carbons (Fsp3) is 0.211. The average Bonchev–Trinajstić information content (AvgIpc) is 2.91. The van der Waals surface area contributed by atoms with Gasteiger partial charge < -0.3 is 10.1 Å². The van der Waals surface area contributed by atoms with Crippen molar-refractivity contribution in [1.82, 2.24) is 4.98 Å². The maximum Gasteiger partial charge on any atom is 0.335 e. The first-order valence-electron chi connectivity index (χ1n) is 7.71. The first kappa shape index (κ1) is 14.8. The summed E-state index contributed by atoms with van der Waals surface area (Å²) < 4.78 is 1.24. The van der Waals surface area contributed by atoms with Crippen LogP contribution in [-0.4, -0.2) is 16.1 Å². The number of aromatic carboxylic acids is 1. The molecule has 1 aliphatic carbocycles. The van der Waals surface area contributed by atoms with E-state index in [-0.39, 0.29) is 5.41 Å². The molecule has 1 saturated carbocycles. The lowest BCUT2D eigenvalue weighted by Gasteiger charge is -2.42. The van der Waals surface area contributed by atoms with Crippen molar-refractivity contribution in [2.45, 2.75) is 24.7 Å². The van der Waals surface area contributed by atoms with Gasteiger partial charge in [-0.15, -0.1) is 0 Å². The number of aromatic nitrogens is 1. The number of fused-ring (bicyclic) bond motifs is 1. The van der Waals surface area contributed by atoms with Gasteiger partial charge in [0.25, 0.3) is 0 Å². The highest BCUT2D eigenvalue weighted by atomic mass is 127. The highest BCUT2D eigenvalue weighted by Crippen LogP contribution is 2.51. The van der Waals surface area contributed by atoms with Gasteiger partial charge in [-0.2, -0.15) is 0 Å². The van der Waals surface area contributed by atoms with Crippen molar-refractivity contribution in [3.05, 3.63) is 68.9 Å². The molecule has 4 rings (SSSR count). The van der Waals surface area contributed by atoms with Crippen LogP contribution < -0.4 is 0 Å². The van der Waals surface area contributed by atoms with Crippen LogP contribution in [0.4, 0.5) is 0 Å². The van der Waals surface area contributed by atoms with Crippen molar-refractivity contribution >= 4 is 39.5 Å². The van der Waals surface area contributed by atoms with Crippen molar-refractivity contribution in [2.24, 2.45) is 0 Å². The van der Waals surface area contributed by atoms with E-state index in [4.69, 9.17) is 5.11 Å². The number of carboxylic acid groups (broad SMARTS) is 1. The minimum Gasteiger partial charge on any atom is -0.478 e. The van der Waals surface area contributed by atoms with Gasteiger partial charge in [0.15, 0.2) is 0 Å². The summed E-state index contributed by atoms with van der Waals surface area (Å²) in [5, 5.41) is 10.3. The van der Waals surface area contributed by atoms with Crippen LogP contribution in [0.5, 0.6) is 0 Å². The third kappa shape index (κ3) is 2.27. The second-order valence-electron chi connectivity index (χ2n) is 6.21. The lowest BCUT2D eigenvalue weighted by atomic mass is 9.60. The second-order valence-corrected chi connectivity index (χ2v) is 7.46. The Hall–Kier alpha value is -1.82. The lowest BCUT2D eigenvalue weighted by Crippen LogP contribution is -2.35. The average molecular weight is 417 g/mol. The molecular formula is C19H16INO2. The first-order valence-corrected chi connectivity index (χ1v) is 8.79. The Morgan fingerprint density at radius 1 is 1.13 bits per heavy atom. The van der Waals surface area contributed by atoms with E-state index in [9.17, 15) is 4.79 Å². The van der Waals surface area contributed by atoms with Crippen LogP contribution in [0.1, 0.15) is 40.7 Å². The molecule has 0 amide bonds. The minimum atomic E-state index is -0.890. The number of benzene rings is 2. The standard InChI is InChI=1S/C19H16INO2/c20-14-5-3-13(4-6-14)19(8-1-9-19)16-11-21-17-10-12(18(22)23)2-7-15(16)17/h2-7,10-11,21H,1,8-9H2,(H,22,23). The van der Waals surface area contributed by atoms with E-state index < -0.39 is 5.97 Å². The molecule has 23 heavy (non-hydrogen) atoms. The molecule has 0 radical (unpaired) electrons. The molecule has 3 nitrogen and oxygen atoms in total. The van der Waals surface area contributed by atoms with Crippen molar-refractivity contribution in [1.29, 1.82) is 0 Å². The van der Waals surface area contributed by atoms with Crippen molar-refractivity contribution in [3.8, 4) is 0 Å². The number of aromatic amines is 1. The normalized spacial score (nSPS) is 16.2. The first-order chi connectivity index (χ1) is 11.1. The van der Waals surface area contributed by atoms with E-state index in [2.05, 4.69) is 58.0 Å². The van der Waals surface area contributed by atoms with Crippen molar-refractivity contribution in [2.75, 3.05) is 0 Å². The van der Waals surface area contributed by atoms with Gasteiger partial charge in [-0.1, -0.05) is 24.6 Å². The predicted octanol–water partition coefficient (Wildman–Crippen LogP) is 4.94. The van der Waals surface area contributed by atoms with Gasteiger partial charge in [0.2, 0.25) is 0 Å². The van der Waals surface area contributed by atoms with Gasteiger partial charge in [-0.05, 0) is 70.8 Å². The number of hydrogen-bond acceptors (Lipinski definition) is 1. The van der Waals surface area contributed by atoms with E-state index in [1.165, 1.54) is 21.1 Å². The zero-order valence-electron chi connectivity index (χ0n) is 12.5. The molecule has 116 valence electrons. The summed E-state index contributed by atoms with van der Waals surface area (Å²) >= 11 is 2.33. The van der Waals surface area contributed by atoms with E-state index in [0.29, 0.717) is 5.56 Å². The summed E-state index contributed by atoms with van der Waals surface area (Å²) in [6.45, 7) is 0. The van der Waals surface area contributed by atoms with Crippen LogP contribution in [0, 0.1) is 3.57 Å². The molecular weight excluding hydrogens is 401 g/mol. The third-order valence-electron chi connectivity index (χ3n) is 5.05. The molecule has 4 heteroatoms. The number of rotatable bonds is 3. The van der Waals surface area contributed by atoms with Crippen molar-refractivity contribution < 1.29 is 9.90 Å². The molecule has 1 heterocycles. The zero-order chi connectivity index (χ0) is 16.0. The van der Waals surface area contributed by atoms with Gasteiger partial charge in [0, 0.05) is 26.1 Å². The Morgan fingerprint density at radius 2 is 1.87 bits per heavy atom. The number of nitrogens with one attached hydrogen (secondary N) is 1. The molecule has 0 spiro atoms. The molecule has 3 aromatic rings. The van der Waals surface area contributed by atoms with Gasteiger partial charge in [0.05, 0.1) is 5.56 Å². The number of halogens is 1. The Bertz CT molecular complexity index is 891. The summed E-state index contributed by atoms with van der Waals surface area (Å²) in [5.41, 5.74) is 3.93. The van der Waals surface area contributed by atoms with Gasteiger partial charge in [-0.25, -0.2) is 4.79 Å². The quantitative estimate of drug-likeness (QED) is 0.594. The molecule has 2 N–H and O–H groups in total. The lowest BCUT2D eigenvalue weighted by molar-refractivity contribution is 0.0697. The summed E-state index contributed by atoms with van der Waals surface area (Å²) in [5.74, 6) is -0.890. The molecule has 1 aliphatic rings. The van der Waals surface area contributed by atoms with Gasteiger partial charge >= 0.3 is 5.97 Å². The maximum atomic E-state index is 11.2. The van der Waals surface area contributed by atoms with Crippen LogP contribution in [0.2, 0.25) is 0 Å². The topological polar surface area (TPSA) is 53.1 Å². The molecule has 1 aromatic heterocycles. The molecule has 0 bridgehead atoms. The van der Waals surface area contributed by atoms with Gasteiger partial charge in [0.1, 0.15) is 0 Å². The van der Waals surface area contributed by atoms with E-state index in [1.807, 2.05) is 6.07 Å². The molecule has 2 aromatic carbocycles. The Labute approximate surface area is 147 Å². The number of carboxylic acids is 1. The fourth-order valence-corrected chi connectivity index (χ4v) is 4.03. The Morgan fingerprint density at radius 3 is 2.48 bits per heavy atom. The van der Waals surface area contributed by atoms with E-state index in [1.54, 1.807) is 12.1 Å². The van der Waals surface area contributed by atoms with Crippen LogP contribution in [-0.2, 0) is 5.41 Å². The molecule has 0 unspecified atom stereocenters. The van der Waals surface area contributed by atoms with Crippen LogP contribution in [0.25, 0.3) is 10.9 Å². The van der Waals surface area contributed by atoms with Crippen LogP contribution >= 0.6 is 22.6 Å². The van der Waals surface area contributed by atoms with E-state index >= 15 is 0 Å². The highest BCUT2D eigenvalue weighted by Gasteiger charge is 2.41. The summed E-state index contributed by atoms with van der Waals surface area (Å²) in [7, 11) is 0. The summed E-state index contributed by atoms with van der Waals surface area (Å²) in [4.78, 5) is 14.4. The Balaban J connectivity index is 1.86. The maximum absolute atomic E-state index is 11.2. The number of carbonyl (C=O) groups is 1. The van der Waals surface area contributed by atoms with Crippen LogP contribution in [0.3, 0.4) is 0 Å². The SMILES string of the molecule is O=C(O)c1ccc2c(C3(c4ccc(I)cc4)CCC3)c[nH]c2c1. The fourth-order valence-electron chi connectivity index (χ4n) is 3.67. The molecule has 1 fully saturated rings. The smallest absolute Gasteiger partial charge is 0.335 e. The monoisotopic (exact) mass is 417 g/mol. The second kappa shape index (κ2) is 5.37. The zero-order valence-corrected chi connectivity index (χ0v) is 14.6. The number of H-pyrrole nitrogens is 1. The largest absolute Gasteiger partial charge is 0.478 e. The van der Waals surface area contributed by atoms with Crippen molar-refractivity contribution in [3.63, 3.8) is 0 Å². The molecule has 0 aliphatic heterocycles. The van der Waals surface area contributed by atoms with Gasteiger partial charge in [-0.3, -0.25) is 0 Å². The molecule has 0 saturated heterocycles. The Kier molecular flexibility index (Phi) is 3.44. The predicted molar refractivity (Wildman–Crippen MR) is 99.0 cm³/mol. The number of hydrogen-bond donors (Lipinski definition) is 2. The van der Waals surface area contributed by atoms with E-state index in [0.717, 1.165) is 23.7 Å².